The van der Waals surface area contributed by atoms with Crippen molar-refractivity contribution < 1.29 is 12.8 Å². The molecule has 2 aromatic carbocycles. The number of aliphatic imine (C=N–C) groups is 1. The van der Waals surface area contributed by atoms with E-state index in [1.165, 1.54) is 12.3 Å². The van der Waals surface area contributed by atoms with Crippen molar-refractivity contribution in [3.05, 3.63) is 65.5 Å². The van der Waals surface area contributed by atoms with Crippen molar-refractivity contribution in [3.63, 3.8) is 0 Å². The van der Waals surface area contributed by atoms with Crippen LogP contribution in [0.1, 0.15) is 24.0 Å². The van der Waals surface area contributed by atoms with Gasteiger partial charge >= 0.3 is 0 Å². The zero-order valence-electron chi connectivity index (χ0n) is 15.5. The number of benzene rings is 2. The maximum atomic E-state index is 13.5. The van der Waals surface area contributed by atoms with Gasteiger partial charge in [0.05, 0.1) is 4.90 Å². The highest BCUT2D eigenvalue weighted by atomic mass is 32.2. The summed E-state index contributed by atoms with van der Waals surface area (Å²) in [5.74, 6) is 0.448. The molecule has 2 aromatic rings. The molecule has 0 aromatic heterocycles. The topological polar surface area (TPSA) is 70.6 Å². The Labute approximate surface area is 159 Å². The van der Waals surface area contributed by atoms with Crippen LogP contribution in [0.25, 0.3) is 0 Å². The van der Waals surface area contributed by atoms with Gasteiger partial charge in [0, 0.05) is 31.8 Å². The van der Waals surface area contributed by atoms with Crippen LogP contribution in [-0.2, 0) is 21.8 Å². The number of halogens is 1. The molecule has 0 amide bonds. The Morgan fingerprint density at radius 3 is 2.41 bits per heavy atom. The van der Waals surface area contributed by atoms with Gasteiger partial charge in [-0.3, -0.25) is 4.99 Å². The number of sulfone groups is 1. The Balaban J connectivity index is 1.56. The minimum absolute atomic E-state index is 0.0309. The van der Waals surface area contributed by atoms with Crippen molar-refractivity contribution in [3.8, 4) is 0 Å². The Bertz CT molecular complexity index is 936. The van der Waals surface area contributed by atoms with Gasteiger partial charge in [-0.1, -0.05) is 24.3 Å². The molecule has 3 rings (SSSR count). The third-order valence-electron chi connectivity index (χ3n) is 4.92. The Kier molecular flexibility index (Phi) is 5.51. The molecule has 0 aliphatic heterocycles. The van der Waals surface area contributed by atoms with Crippen LogP contribution < -0.4 is 10.6 Å². The zero-order chi connectivity index (χ0) is 19.5. The van der Waals surface area contributed by atoms with Crippen LogP contribution in [0.2, 0.25) is 0 Å². The second-order valence-corrected chi connectivity index (χ2v) is 9.00. The third kappa shape index (κ3) is 4.86. The van der Waals surface area contributed by atoms with Gasteiger partial charge < -0.3 is 10.6 Å². The van der Waals surface area contributed by atoms with E-state index in [1.807, 2.05) is 6.07 Å². The van der Waals surface area contributed by atoms with Crippen molar-refractivity contribution in [2.45, 2.75) is 29.7 Å². The molecule has 1 fully saturated rings. The lowest BCUT2D eigenvalue weighted by Gasteiger charge is -2.19. The SMILES string of the molecule is CN=C(NCc1ccc(S(C)(=O)=O)cc1)NCC1(c2cccc(F)c2)CC1. The molecule has 0 heterocycles. The van der Waals surface area contributed by atoms with Crippen LogP contribution in [0.5, 0.6) is 0 Å². The van der Waals surface area contributed by atoms with E-state index in [4.69, 9.17) is 0 Å². The normalized spacial score (nSPS) is 16.0. The van der Waals surface area contributed by atoms with E-state index in [2.05, 4.69) is 15.6 Å². The summed E-state index contributed by atoms with van der Waals surface area (Å²) >= 11 is 0. The molecule has 2 N–H and O–H groups in total. The van der Waals surface area contributed by atoms with E-state index >= 15 is 0 Å². The number of nitrogens with one attached hydrogen (secondary N) is 2. The fraction of sp³-hybridized carbons (Fsp3) is 0.350. The summed E-state index contributed by atoms with van der Waals surface area (Å²) in [5.41, 5.74) is 1.94. The predicted molar refractivity (Wildman–Crippen MR) is 105 cm³/mol. The first kappa shape index (κ1) is 19.4. The number of guanidine groups is 1. The average Bonchev–Trinajstić information content (AvgIpc) is 3.43. The molecule has 7 heteroatoms. The Morgan fingerprint density at radius 1 is 1.15 bits per heavy atom. The highest BCUT2D eigenvalue weighted by Crippen LogP contribution is 2.47. The molecule has 1 aliphatic rings. The van der Waals surface area contributed by atoms with Gasteiger partial charge in [-0.05, 0) is 48.2 Å². The average molecular weight is 389 g/mol. The van der Waals surface area contributed by atoms with Crippen LogP contribution in [0.3, 0.4) is 0 Å². The van der Waals surface area contributed by atoms with Gasteiger partial charge in [0.1, 0.15) is 5.82 Å². The van der Waals surface area contributed by atoms with Gasteiger partial charge in [0.2, 0.25) is 0 Å². The first-order valence-electron chi connectivity index (χ1n) is 8.82. The van der Waals surface area contributed by atoms with Gasteiger partial charge in [-0.15, -0.1) is 0 Å². The van der Waals surface area contributed by atoms with Crippen LogP contribution >= 0.6 is 0 Å². The second kappa shape index (κ2) is 7.68. The maximum Gasteiger partial charge on any atom is 0.191 e. The summed E-state index contributed by atoms with van der Waals surface area (Å²) in [7, 11) is -1.49. The summed E-state index contributed by atoms with van der Waals surface area (Å²) in [6.07, 6.45) is 3.24. The molecule has 5 nitrogen and oxygen atoms in total. The van der Waals surface area contributed by atoms with Gasteiger partial charge in [0.25, 0.3) is 0 Å². The summed E-state index contributed by atoms with van der Waals surface area (Å²) < 4.78 is 36.5. The van der Waals surface area contributed by atoms with Crippen LogP contribution in [0, 0.1) is 5.82 Å². The molecule has 1 aliphatic carbocycles. The van der Waals surface area contributed by atoms with Gasteiger partial charge in [0.15, 0.2) is 15.8 Å². The minimum Gasteiger partial charge on any atom is -0.356 e. The van der Waals surface area contributed by atoms with E-state index in [0.29, 0.717) is 23.9 Å². The largest absolute Gasteiger partial charge is 0.356 e. The molecule has 0 atom stereocenters. The lowest BCUT2D eigenvalue weighted by atomic mass is 9.96. The zero-order valence-corrected chi connectivity index (χ0v) is 16.3. The molecule has 27 heavy (non-hydrogen) atoms. The van der Waals surface area contributed by atoms with Gasteiger partial charge in [-0.2, -0.15) is 0 Å². The number of rotatable bonds is 6. The summed E-state index contributed by atoms with van der Waals surface area (Å²) in [6.45, 7) is 1.21. The smallest absolute Gasteiger partial charge is 0.191 e. The third-order valence-corrected chi connectivity index (χ3v) is 6.05. The summed E-state index contributed by atoms with van der Waals surface area (Å²) in [6, 6.07) is 13.6. The highest BCUT2D eigenvalue weighted by molar-refractivity contribution is 7.90. The molecule has 0 radical (unpaired) electrons. The molecule has 0 unspecified atom stereocenters. The van der Waals surface area contributed by atoms with Crippen molar-refractivity contribution in [1.82, 2.24) is 10.6 Å². The lowest BCUT2D eigenvalue weighted by Crippen LogP contribution is -2.40. The fourth-order valence-electron chi connectivity index (χ4n) is 3.05. The molecule has 0 saturated heterocycles. The molecule has 0 bridgehead atoms. The summed E-state index contributed by atoms with van der Waals surface area (Å²) in [4.78, 5) is 4.53. The molecular formula is C20H24FN3O2S. The quantitative estimate of drug-likeness (QED) is 0.589. The standard InChI is InChI=1S/C20H24FN3O2S/c1-22-19(23-13-15-6-8-18(9-7-15)27(2,25)26)24-14-20(10-11-20)16-4-3-5-17(21)12-16/h3-9,12H,10-11,13-14H2,1-2H3,(H2,22,23,24). The van der Waals surface area contributed by atoms with E-state index in [-0.39, 0.29) is 11.2 Å². The second-order valence-electron chi connectivity index (χ2n) is 6.99. The van der Waals surface area contributed by atoms with E-state index in [0.717, 1.165) is 24.0 Å². The van der Waals surface area contributed by atoms with Crippen molar-refractivity contribution >= 4 is 15.8 Å². The molecule has 0 spiro atoms. The maximum absolute atomic E-state index is 13.5. The first-order chi connectivity index (χ1) is 12.8. The number of hydrogen-bond acceptors (Lipinski definition) is 3. The first-order valence-corrected chi connectivity index (χ1v) is 10.7. The highest BCUT2D eigenvalue weighted by Gasteiger charge is 2.44. The van der Waals surface area contributed by atoms with Crippen molar-refractivity contribution in [2.75, 3.05) is 19.8 Å². The lowest BCUT2D eigenvalue weighted by molar-refractivity contribution is 0.601. The molecule has 1 saturated carbocycles. The van der Waals surface area contributed by atoms with E-state index in [1.54, 1.807) is 43.4 Å². The van der Waals surface area contributed by atoms with Crippen LogP contribution in [0.4, 0.5) is 4.39 Å². The Hall–Kier alpha value is -2.41. The molecule has 144 valence electrons. The van der Waals surface area contributed by atoms with E-state index < -0.39 is 9.84 Å². The number of nitrogens with zero attached hydrogens (tertiary/aromatic N) is 1. The van der Waals surface area contributed by atoms with E-state index in [9.17, 15) is 12.8 Å². The van der Waals surface area contributed by atoms with Crippen molar-refractivity contribution in [2.24, 2.45) is 4.99 Å². The van der Waals surface area contributed by atoms with Crippen molar-refractivity contribution in [1.29, 1.82) is 0 Å². The monoisotopic (exact) mass is 389 g/mol. The predicted octanol–water partition coefficient (Wildman–Crippen LogP) is 2.63. The fourth-order valence-corrected chi connectivity index (χ4v) is 3.68. The Morgan fingerprint density at radius 2 is 1.85 bits per heavy atom. The number of hydrogen-bond donors (Lipinski definition) is 2. The van der Waals surface area contributed by atoms with Crippen LogP contribution in [-0.4, -0.2) is 34.2 Å². The van der Waals surface area contributed by atoms with Gasteiger partial charge in [-0.25, -0.2) is 12.8 Å². The van der Waals surface area contributed by atoms with Crippen LogP contribution in [0.15, 0.2) is 58.4 Å². The minimum atomic E-state index is -3.19. The molecular weight excluding hydrogens is 365 g/mol. The summed E-state index contributed by atoms with van der Waals surface area (Å²) in [5, 5.41) is 6.54.